The van der Waals surface area contributed by atoms with Gasteiger partial charge in [-0.05, 0) is 36.5 Å². The number of ether oxygens (including phenoxy) is 1. The number of carbonyl (C=O) groups excluding carboxylic acids is 3. The lowest BCUT2D eigenvalue weighted by atomic mass is 9.98. The highest BCUT2D eigenvalue weighted by Gasteiger charge is 2.38. The van der Waals surface area contributed by atoms with E-state index in [1.165, 1.54) is 0 Å². The molecule has 0 radical (unpaired) electrons. The molecular weight excluding hydrogens is 392 g/mol. The molecule has 0 aliphatic carbocycles. The molecule has 3 rings (SSSR count). The first-order valence-corrected chi connectivity index (χ1v) is 10.7. The second kappa shape index (κ2) is 9.77. The van der Waals surface area contributed by atoms with Crippen molar-refractivity contribution in [1.82, 2.24) is 4.90 Å². The van der Waals surface area contributed by atoms with Crippen molar-refractivity contribution in [2.45, 2.75) is 46.1 Å². The second-order valence-corrected chi connectivity index (χ2v) is 8.38. The van der Waals surface area contributed by atoms with Crippen molar-refractivity contribution in [3.8, 4) is 0 Å². The zero-order valence-electron chi connectivity index (χ0n) is 18.6. The van der Waals surface area contributed by atoms with Crippen LogP contribution in [0.5, 0.6) is 0 Å². The van der Waals surface area contributed by atoms with Crippen LogP contribution in [-0.2, 0) is 19.1 Å². The third-order valence-corrected chi connectivity index (χ3v) is 5.78. The van der Waals surface area contributed by atoms with E-state index in [1.807, 2.05) is 62.4 Å². The molecule has 1 aliphatic heterocycles. The smallest absolute Gasteiger partial charge is 0.311 e. The zero-order chi connectivity index (χ0) is 22.5. The van der Waals surface area contributed by atoms with Crippen LogP contribution in [-0.4, -0.2) is 35.8 Å². The molecule has 0 spiro atoms. The minimum atomic E-state index is -0.559. The molecule has 0 saturated carbocycles. The molecule has 164 valence electrons. The van der Waals surface area contributed by atoms with E-state index in [2.05, 4.69) is 19.2 Å². The van der Waals surface area contributed by atoms with Gasteiger partial charge in [0.05, 0.1) is 12.0 Å². The molecule has 0 bridgehead atoms. The van der Waals surface area contributed by atoms with Crippen LogP contribution >= 0.6 is 0 Å². The number of esters is 1. The maximum atomic E-state index is 12.5. The number of rotatable bonds is 7. The van der Waals surface area contributed by atoms with E-state index >= 15 is 0 Å². The summed E-state index contributed by atoms with van der Waals surface area (Å²) in [6, 6.07) is 15.5. The van der Waals surface area contributed by atoms with Crippen molar-refractivity contribution in [3.05, 3.63) is 65.2 Å². The molecule has 1 heterocycles. The standard InChI is InChI=1S/C25H30N2O4/c1-16(2)21-12-8-9-17(3)24(21)26-22(28)15-31-25(30)20-13-23(29)27(14-20)18(4)19-10-6-5-7-11-19/h5-12,16,18,20H,13-15H2,1-4H3,(H,26,28)/t18-,20-/m0/s1. The minimum Gasteiger partial charge on any atom is -0.455 e. The van der Waals surface area contributed by atoms with E-state index in [9.17, 15) is 14.4 Å². The van der Waals surface area contributed by atoms with Gasteiger partial charge < -0.3 is 15.0 Å². The number of para-hydroxylation sites is 1. The Morgan fingerprint density at radius 3 is 2.48 bits per heavy atom. The number of hydrogen-bond donors (Lipinski definition) is 1. The van der Waals surface area contributed by atoms with Crippen LogP contribution in [0, 0.1) is 12.8 Å². The molecule has 1 saturated heterocycles. The summed E-state index contributed by atoms with van der Waals surface area (Å²) >= 11 is 0. The predicted octanol–water partition coefficient (Wildman–Crippen LogP) is 4.21. The van der Waals surface area contributed by atoms with Gasteiger partial charge in [-0.2, -0.15) is 0 Å². The fourth-order valence-corrected chi connectivity index (χ4v) is 3.95. The Morgan fingerprint density at radius 2 is 1.81 bits per heavy atom. The van der Waals surface area contributed by atoms with Crippen LogP contribution in [0.3, 0.4) is 0 Å². The largest absolute Gasteiger partial charge is 0.455 e. The van der Waals surface area contributed by atoms with Gasteiger partial charge in [-0.15, -0.1) is 0 Å². The van der Waals surface area contributed by atoms with Crippen molar-refractivity contribution >= 4 is 23.5 Å². The number of aryl methyl sites for hydroxylation is 1. The Kier molecular flexibility index (Phi) is 7.10. The number of hydrogen-bond acceptors (Lipinski definition) is 4. The highest BCUT2D eigenvalue weighted by Crippen LogP contribution is 2.29. The maximum Gasteiger partial charge on any atom is 0.311 e. The van der Waals surface area contributed by atoms with E-state index in [-0.39, 0.29) is 36.8 Å². The summed E-state index contributed by atoms with van der Waals surface area (Å²) in [7, 11) is 0. The summed E-state index contributed by atoms with van der Waals surface area (Å²) in [5.74, 6) is -1.29. The van der Waals surface area contributed by atoms with Gasteiger partial charge in [0.2, 0.25) is 5.91 Å². The molecule has 0 unspecified atom stereocenters. The first-order valence-electron chi connectivity index (χ1n) is 10.7. The quantitative estimate of drug-likeness (QED) is 0.678. The highest BCUT2D eigenvalue weighted by molar-refractivity contribution is 5.95. The fraction of sp³-hybridized carbons (Fsp3) is 0.400. The Balaban J connectivity index is 1.56. The average molecular weight is 423 g/mol. The summed E-state index contributed by atoms with van der Waals surface area (Å²) in [5, 5.41) is 2.87. The lowest BCUT2D eigenvalue weighted by molar-refractivity contribution is -0.151. The number of nitrogens with one attached hydrogen (secondary N) is 1. The topological polar surface area (TPSA) is 75.7 Å². The number of amides is 2. The normalized spacial score (nSPS) is 17.0. The Labute approximate surface area is 183 Å². The van der Waals surface area contributed by atoms with Gasteiger partial charge in [0.1, 0.15) is 0 Å². The van der Waals surface area contributed by atoms with Crippen LogP contribution in [0.25, 0.3) is 0 Å². The lowest BCUT2D eigenvalue weighted by Crippen LogP contribution is -2.30. The van der Waals surface area contributed by atoms with Gasteiger partial charge in [-0.3, -0.25) is 14.4 Å². The molecule has 6 nitrogen and oxygen atoms in total. The van der Waals surface area contributed by atoms with Gasteiger partial charge in [-0.25, -0.2) is 0 Å². The summed E-state index contributed by atoms with van der Waals surface area (Å²) in [4.78, 5) is 39.1. The third-order valence-electron chi connectivity index (χ3n) is 5.78. The van der Waals surface area contributed by atoms with Crippen LogP contribution in [0.2, 0.25) is 0 Å². The van der Waals surface area contributed by atoms with E-state index in [0.717, 1.165) is 22.4 Å². The van der Waals surface area contributed by atoms with Crippen LogP contribution in [0.15, 0.2) is 48.5 Å². The number of nitrogens with zero attached hydrogens (tertiary/aromatic N) is 1. The van der Waals surface area contributed by atoms with E-state index in [0.29, 0.717) is 6.54 Å². The number of benzene rings is 2. The highest BCUT2D eigenvalue weighted by atomic mass is 16.5. The van der Waals surface area contributed by atoms with Gasteiger partial charge in [0.25, 0.3) is 5.91 Å². The van der Waals surface area contributed by atoms with E-state index in [1.54, 1.807) is 4.90 Å². The fourth-order valence-electron chi connectivity index (χ4n) is 3.95. The molecule has 1 fully saturated rings. The van der Waals surface area contributed by atoms with Crippen LogP contribution in [0.4, 0.5) is 5.69 Å². The Bertz CT molecular complexity index is 955. The molecule has 2 amide bonds. The molecule has 2 aromatic carbocycles. The van der Waals surface area contributed by atoms with Crippen molar-refractivity contribution in [2.75, 3.05) is 18.5 Å². The van der Waals surface area contributed by atoms with Gasteiger partial charge in [0, 0.05) is 18.7 Å². The second-order valence-electron chi connectivity index (χ2n) is 8.38. The minimum absolute atomic E-state index is 0.0794. The molecule has 2 aromatic rings. The van der Waals surface area contributed by atoms with Gasteiger partial charge in [-0.1, -0.05) is 62.4 Å². The van der Waals surface area contributed by atoms with Gasteiger partial charge in [0.15, 0.2) is 6.61 Å². The average Bonchev–Trinajstić information content (AvgIpc) is 3.15. The SMILES string of the molecule is Cc1cccc(C(C)C)c1NC(=O)COC(=O)[C@H]1CC(=O)N([C@@H](C)c2ccccc2)C1. The maximum absolute atomic E-state index is 12.5. The molecular formula is C25H30N2O4. The van der Waals surface area contributed by atoms with Gasteiger partial charge >= 0.3 is 5.97 Å². The summed E-state index contributed by atoms with van der Waals surface area (Å²) < 4.78 is 5.25. The predicted molar refractivity (Wildman–Crippen MR) is 120 cm³/mol. The number of likely N-dealkylation sites (tertiary alicyclic amines) is 1. The third kappa shape index (κ3) is 5.32. The first-order chi connectivity index (χ1) is 14.8. The molecule has 0 aromatic heterocycles. The Morgan fingerprint density at radius 1 is 1.10 bits per heavy atom. The van der Waals surface area contributed by atoms with Crippen molar-refractivity contribution in [3.63, 3.8) is 0 Å². The van der Waals surface area contributed by atoms with Crippen molar-refractivity contribution < 1.29 is 19.1 Å². The Hall–Kier alpha value is -3.15. The number of anilines is 1. The molecule has 2 atom stereocenters. The van der Waals surface area contributed by atoms with Crippen molar-refractivity contribution in [2.24, 2.45) is 5.92 Å². The lowest BCUT2D eigenvalue weighted by Gasteiger charge is -2.25. The van der Waals surface area contributed by atoms with Crippen LogP contribution < -0.4 is 5.32 Å². The monoisotopic (exact) mass is 422 g/mol. The summed E-state index contributed by atoms with van der Waals surface area (Å²) in [6.45, 7) is 7.92. The van der Waals surface area contributed by atoms with Crippen molar-refractivity contribution in [1.29, 1.82) is 0 Å². The zero-order valence-corrected chi connectivity index (χ0v) is 18.6. The first kappa shape index (κ1) is 22.5. The van der Waals surface area contributed by atoms with Crippen LogP contribution in [0.1, 0.15) is 55.8 Å². The van der Waals surface area contributed by atoms with E-state index < -0.39 is 11.9 Å². The number of carbonyl (C=O) groups is 3. The summed E-state index contributed by atoms with van der Waals surface area (Å²) in [5.41, 5.74) is 3.77. The molecule has 1 aliphatic rings. The molecule has 6 heteroatoms. The summed E-state index contributed by atoms with van der Waals surface area (Å²) in [6.07, 6.45) is 0.104. The van der Waals surface area contributed by atoms with E-state index in [4.69, 9.17) is 4.74 Å². The molecule has 31 heavy (non-hydrogen) atoms. The molecule has 1 N–H and O–H groups in total.